The maximum absolute atomic E-state index is 12.8. The number of hydrogen-bond acceptors (Lipinski definition) is 10. The number of aromatic nitrogens is 4. The number of carbonyl (C=O) groups excluding carboxylic acids is 2. The molecule has 1 aliphatic rings. The summed E-state index contributed by atoms with van der Waals surface area (Å²) in [5, 5.41) is 11.1. The number of fused-ring (bicyclic) bond motifs is 1. The molecular formula is C24H20ClN5O6. The Bertz CT molecular complexity index is 1400. The van der Waals surface area contributed by atoms with Gasteiger partial charge in [0.15, 0.2) is 23.8 Å². The number of rotatable bonds is 6. The van der Waals surface area contributed by atoms with E-state index in [4.69, 9.17) is 31.5 Å². The number of nitrogens with two attached hydrogens (primary N) is 1. The largest absolute Gasteiger partial charge is 0.459 e. The predicted molar refractivity (Wildman–Crippen MR) is 127 cm³/mol. The number of aliphatic hydroxyl groups excluding tert-OH is 1. The Morgan fingerprint density at radius 1 is 1.03 bits per heavy atom. The molecule has 1 fully saturated rings. The second kappa shape index (κ2) is 9.90. The molecule has 0 saturated carbocycles. The van der Waals surface area contributed by atoms with Crippen molar-refractivity contribution in [2.24, 2.45) is 0 Å². The molecule has 1 aliphatic heterocycles. The normalized spacial score (nSPS) is 21.4. The van der Waals surface area contributed by atoms with Crippen LogP contribution in [0, 0.1) is 0 Å². The molecule has 4 atom stereocenters. The van der Waals surface area contributed by atoms with E-state index in [1.165, 1.54) is 10.9 Å². The van der Waals surface area contributed by atoms with Crippen molar-refractivity contribution in [1.82, 2.24) is 19.5 Å². The number of anilines is 1. The number of nitrogen functional groups attached to an aromatic ring is 1. The van der Waals surface area contributed by atoms with Crippen molar-refractivity contribution in [3.05, 3.63) is 83.4 Å². The van der Waals surface area contributed by atoms with Crippen LogP contribution in [0.2, 0.25) is 5.28 Å². The fraction of sp³-hybridized carbons (Fsp3) is 0.208. The summed E-state index contributed by atoms with van der Waals surface area (Å²) in [6.45, 7) is -0.293. The molecule has 0 bridgehead atoms. The van der Waals surface area contributed by atoms with Gasteiger partial charge in [0.25, 0.3) is 0 Å². The first-order chi connectivity index (χ1) is 17.4. The molecular weight excluding hydrogens is 490 g/mol. The van der Waals surface area contributed by atoms with E-state index in [0.29, 0.717) is 5.56 Å². The summed E-state index contributed by atoms with van der Waals surface area (Å²) in [7, 11) is 0. The third kappa shape index (κ3) is 4.59. The van der Waals surface area contributed by atoms with E-state index in [1.807, 2.05) is 0 Å². The minimum absolute atomic E-state index is 0.0524. The standard InChI is InChI=1S/C24H20ClN5O6/c25-24-28-19(26)16-20(29-24)30(12-27-16)21-17(31)18(36-23(33)14-9-5-2-6-10-14)15(35-21)11-34-22(32)13-7-3-1-4-8-13/h1-10,12,15,17-18,21,31H,11H2,(H2,26,28,29)/t15-,17-,18-,21?/m1/s1. The number of aliphatic hydroxyl groups is 1. The number of hydrogen-bond donors (Lipinski definition) is 2. The van der Waals surface area contributed by atoms with Crippen molar-refractivity contribution in [3.63, 3.8) is 0 Å². The van der Waals surface area contributed by atoms with E-state index in [2.05, 4.69) is 15.0 Å². The van der Waals surface area contributed by atoms with E-state index in [1.54, 1.807) is 60.7 Å². The average molecular weight is 510 g/mol. The minimum Gasteiger partial charge on any atom is -0.459 e. The Kier molecular flexibility index (Phi) is 6.51. The maximum Gasteiger partial charge on any atom is 0.338 e. The lowest BCUT2D eigenvalue weighted by molar-refractivity contribution is -0.0585. The van der Waals surface area contributed by atoms with Gasteiger partial charge in [0.05, 0.1) is 17.5 Å². The number of esters is 2. The van der Waals surface area contributed by atoms with Gasteiger partial charge in [-0.05, 0) is 35.9 Å². The molecule has 3 heterocycles. The number of imidazole rings is 1. The van der Waals surface area contributed by atoms with Gasteiger partial charge < -0.3 is 25.1 Å². The highest BCUT2D eigenvalue weighted by atomic mass is 35.5. The number of halogens is 1. The van der Waals surface area contributed by atoms with E-state index < -0.39 is 36.5 Å². The molecule has 12 heteroatoms. The van der Waals surface area contributed by atoms with E-state index in [0.717, 1.165) is 0 Å². The van der Waals surface area contributed by atoms with Crippen molar-refractivity contribution in [2.45, 2.75) is 24.5 Å². The summed E-state index contributed by atoms with van der Waals surface area (Å²) in [5.41, 5.74) is 6.98. The molecule has 0 amide bonds. The second-order valence-corrected chi connectivity index (χ2v) is 8.30. The topological polar surface area (TPSA) is 152 Å². The molecule has 3 N–H and O–H groups in total. The molecule has 184 valence electrons. The van der Waals surface area contributed by atoms with Crippen molar-refractivity contribution in [3.8, 4) is 0 Å². The molecule has 0 aliphatic carbocycles. The molecule has 1 unspecified atom stereocenters. The van der Waals surface area contributed by atoms with Crippen LogP contribution >= 0.6 is 11.6 Å². The van der Waals surface area contributed by atoms with Crippen molar-refractivity contribution < 1.29 is 28.9 Å². The van der Waals surface area contributed by atoms with Crippen molar-refractivity contribution in [2.75, 3.05) is 12.3 Å². The van der Waals surface area contributed by atoms with Gasteiger partial charge >= 0.3 is 11.9 Å². The summed E-state index contributed by atoms with van der Waals surface area (Å²) in [5.74, 6) is -1.21. The highest BCUT2D eigenvalue weighted by Crippen LogP contribution is 2.34. The van der Waals surface area contributed by atoms with E-state index >= 15 is 0 Å². The number of ether oxygens (including phenoxy) is 3. The second-order valence-electron chi connectivity index (χ2n) is 7.96. The molecule has 1 saturated heterocycles. The Labute approximate surface area is 209 Å². The predicted octanol–water partition coefficient (Wildman–Crippen LogP) is 2.40. The van der Waals surface area contributed by atoms with Crippen LogP contribution < -0.4 is 5.73 Å². The molecule has 0 spiro atoms. The summed E-state index contributed by atoms with van der Waals surface area (Å²) in [4.78, 5) is 37.4. The SMILES string of the molecule is Nc1nc(Cl)nc2c1ncn2C1O[C@H](COC(=O)c2ccccc2)[C@@H](OC(=O)c2ccccc2)[C@H]1O. The summed E-state index contributed by atoms with van der Waals surface area (Å²) < 4.78 is 18.5. The lowest BCUT2D eigenvalue weighted by atomic mass is 10.1. The quantitative estimate of drug-likeness (QED) is 0.292. The van der Waals surface area contributed by atoms with Crippen LogP contribution in [-0.4, -0.2) is 61.5 Å². The van der Waals surface area contributed by atoms with Crippen LogP contribution in [0.15, 0.2) is 67.0 Å². The molecule has 4 aromatic rings. The molecule has 5 rings (SSSR count). The maximum atomic E-state index is 12.8. The zero-order valence-corrected chi connectivity index (χ0v) is 19.4. The van der Waals surface area contributed by atoms with Gasteiger partial charge in [0, 0.05) is 0 Å². The third-order valence-electron chi connectivity index (χ3n) is 5.65. The molecule has 2 aromatic carbocycles. The molecule has 2 aromatic heterocycles. The molecule has 0 radical (unpaired) electrons. The fourth-order valence-corrected chi connectivity index (χ4v) is 4.08. The lowest BCUT2D eigenvalue weighted by Gasteiger charge is -2.20. The summed E-state index contributed by atoms with van der Waals surface area (Å²) in [6, 6.07) is 16.7. The van der Waals surface area contributed by atoms with Crippen LogP contribution in [0.5, 0.6) is 0 Å². The highest BCUT2D eigenvalue weighted by molar-refractivity contribution is 6.28. The van der Waals surface area contributed by atoms with Gasteiger partial charge in [-0.15, -0.1) is 0 Å². The zero-order chi connectivity index (χ0) is 25.2. The third-order valence-corrected chi connectivity index (χ3v) is 5.81. The zero-order valence-electron chi connectivity index (χ0n) is 18.6. The smallest absolute Gasteiger partial charge is 0.338 e. The first-order valence-electron chi connectivity index (χ1n) is 10.9. The van der Waals surface area contributed by atoms with Crippen LogP contribution in [0.3, 0.4) is 0 Å². The Hall–Kier alpha value is -4.06. The number of carbonyl (C=O) groups is 2. The van der Waals surface area contributed by atoms with Crippen LogP contribution in [0.1, 0.15) is 26.9 Å². The highest BCUT2D eigenvalue weighted by Gasteiger charge is 2.48. The van der Waals surface area contributed by atoms with Gasteiger partial charge in [-0.2, -0.15) is 9.97 Å². The van der Waals surface area contributed by atoms with Gasteiger partial charge in [0.2, 0.25) is 5.28 Å². The summed E-state index contributed by atoms with van der Waals surface area (Å²) >= 11 is 5.96. The first-order valence-corrected chi connectivity index (χ1v) is 11.3. The lowest BCUT2D eigenvalue weighted by Crippen LogP contribution is -2.38. The minimum atomic E-state index is -1.37. The Balaban J connectivity index is 1.42. The molecule has 11 nitrogen and oxygen atoms in total. The molecule has 36 heavy (non-hydrogen) atoms. The van der Waals surface area contributed by atoms with Gasteiger partial charge in [0.1, 0.15) is 24.3 Å². The number of benzene rings is 2. The Morgan fingerprint density at radius 3 is 2.33 bits per heavy atom. The van der Waals surface area contributed by atoms with Gasteiger partial charge in [-0.1, -0.05) is 36.4 Å². The van der Waals surface area contributed by atoms with E-state index in [9.17, 15) is 14.7 Å². The first kappa shape index (κ1) is 23.7. The van der Waals surface area contributed by atoms with E-state index in [-0.39, 0.29) is 34.4 Å². The van der Waals surface area contributed by atoms with Gasteiger partial charge in [-0.3, -0.25) is 4.57 Å². The van der Waals surface area contributed by atoms with Gasteiger partial charge in [-0.25, -0.2) is 14.6 Å². The Morgan fingerprint density at radius 2 is 1.67 bits per heavy atom. The average Bonchev–Trinajstić information content (AvgIpc) is 3.44. The van der Waals surface area contributed by atoms with Crippen molar-refractivity contribution >= 4 is 40.5 Å². The van der Waals surface area contributed by atoms with Crippen molar-refractivity contribution in [1.29, 1.82) is 0 Å². The van der Waals surface area contributed by atoms with Crippen LogP contribution in [-0.2, 0) is 14.2 Å². The monoisotopic (exact) mass is 509 g/mol. The summed E-state index contributed by atoms with van der Waals surface area (Å²) in [6.07, 6.45) is -3.30. The fourth-order valence-electron chi connectivity index (χ4n) is 3.91. The van der Waals surface area contributed by atoms with Crippen LogP contribution in [0.25, 0.3) is 11.2 Å². The van der Waals surface area contributed by atoms with Crippen LogP contribution in [0.4, 0.5) is 5.82 Å². The number of nitrogens with zero attached hydrogens (tertiary/aromatic N) is 4.